The summed E-state index contributed by atoms with van der Waals surface area (Å²) in [5, 5.41) is 20.2. The molecule has 6 nitrogen and oxygen atoms in total. The monoisotopic (exact) mass is 298 g/mol. The number of carbonyl (C=O) groups excluding carboxylic acids is 1. The van der Waals surface area contributed by atoms with Gasteiger partial charge in [0.2, 0.25) is 5.91 Å². The smallest absolute Gasteiger partial charge is 0.269 e. The summed E-state index contributed by atoms with van der Waals surface area (Å²) in [5.74, 6) is 0.125. The summed E-state index contributed by atoms with van der Waals surface area (Å²) in [5.41, 5.74) is -0.901. The lowest BCUT2D eigenvalue weighted by molar-refractivity contribution is -0.384. The quantitative estimate of drug-likeness (QED) is 0.493. The topological polar surface area (TPSA) is 83.7 Å². The van der Waals surface area contributed by atoms with Crippen molar-refractivity contribution >= 4 is 23.4 Å². The van der Waals surface area contributed by atoms with Crippen molar-refractivity contribution in [1.82, 2.24) is 4.90 Å². The lowest BCUT2D eigenvalue weighted by Crippen LogP contribution is -2.40. The fourth-order valence-corrected chi connectivity index (χ4v) is 2.43. The lowest BCUT2D eigenvalue weighted by Gasteiger charge is -2.25. The molecule has 1 rings (SSSR count). The average molecular weight is 298 g/mol. The number of amides is 1. The van der Waals surface area contributed by atoms with Crippen molar-refractivity contribution in [1.29, 1.82) is 0 Å². The molecule has 0 saturated carbocycles. The Bertz CT molecular complexity index is 482. The summed E-state index contributed by atoms with van der Waals surface area (Å²) >= 11 is 1.31. The van der Waals surface area contributed by atoms with Crippen LogP contribution < -0.4 is 0 Å². The Kier molecular flexibility index (Phi) is 5.52. The number of hydrogen-bond acceptors (Lipinski definition) is 5. The second-order valence-electron chi connectivity index (χ2n) is 5.10. The van der Waals surface area contributed by atoms with E-state index >= 15 is 0 Å². The van der Waals surface area contributed by atoms with Crippen molar-refractivity contribution in [3.63, 3.8) is 0 Å². The van der Waals surface area contributed by atoms with Crippen molar-refractivity contribution in [3.05, 3.63) is 34.4 Å². The minimum atomic E-state index is -0.928. The second-order valence-corrected chi connectivity index (χ2v) is 6.15. The molecule has 0 fully saturated rings. The third-order valence-corrected chi connectivity index (χ3v) is 3.46. The van der Waals surface area contributed by atoms with Gasteiger partial charge in [0, 0.05) is 30.6 Å². The zero-order valence-corrected chi connectivity index (χ0v) is 12.5. The summed E-state index contributed by atoms with van der Waals surface area (Å²) < 4.78 is 0. The molecule has 1 aromatic carbocycles. The van der Waals surface area contributed by atoms with Gasteiger partial charge in [-0.1, -0.05) is 0 Å². The van der Waals surface area contributed by atoms with Gasteiger partial charge in [-0.3, -0.25) is 14.9 Å². The van der Waals surface area contributed by atoms with E-state index in [0.717, 1.165) is 4.90 Å². The van der Waals surface area contributed by atoms with E-state index in [-0.39, 0.29) is 23.9 Å². The van der Waals surface area contributed by atoms with Crippen LogP contribution in [0.25, 0.3) is 0 Å². The number of likely N-dealkylation sites (N-methyl/N-ethyl adjacent to an activating group) is 1. The maximum atomic E-state index is 11.9. The Hall–Kier alpha value is -1.60. The molecule has 20 heavy (non-hydrogen) atoms. The van der Waals surface area contributed by atoms with Crippen LogP contribution in [0.15, 0.2) is 29.2 Å². The molecule has 0 aromatic heterocycles. The minimum Gasteiger partial charge on any atom is -0.389 e. The Balaban J connectivity index is 2.50. The molecule has 0 saturated heterocycles. The van der Waals surface area contributed by atoms with Crippen LogP contribution in [-0.2, 0) is 4.79 Å². The molecule has 7 heteroatoms. The van der Waals surface area contributed by atoms with E-state index in [1.165, 1.54) is 28.8 Å². The van der Waals surface area contributed by atoms with E-state index < -0.39 is 10.5 Å². The van der Waals surface area contributed by atoms with Crippen molar-refractivity contribution < 1.29 is 14.8 Å². The van der Waals surface area contributed by atoms with Crippen molar-refractivity contribution in [2.24, 2.45) is 0 Å². The predicted octanol–water partition coefficient (Wildman–Crippen LogP) is 1.92. The number of thioether (sulfide) groups is 1. The molecule has 0 spiro atoms. The van der Waals surface area contributed by atoms with Crippen LogP contribution in [0.1, 0.15) is 13.8 Å². The molecule has 110 valence electrons. The molecule has 1 amide bonds. The van der Waals surface area contributed by atoms with Gasteiger partial charge in [0.1, 0.15) is 0 Å². The fraction of sp³-hybridized carbons (Fsp3) is 0.462. The molecule has 0 aliphatic heterocycles. The Morgan fingerprint density at radius 2 is 1.95 bits per heavy atom. The molecule has 0 aliphatic carbocycles. The van der Waals surface area contributed by atoms with E-state index in [4.69, 9.17) is 0 Å². The highest BCUT2D eigenvalue weighted by molar-refractivity contribution is 8.00. The van der Waals surface area contributed by atoms with Gasteiger partial charge in [0.15, 0.2) is 0 Å². The molecule has 0 heterocycles. The lowest BCUT2D eigenvalue weighted by atomic mass is 10.1. The summed E-state index contributed by atoms with van der Waals surface area (Å²) in [7, 11) is 1.64. The minimum absolute atomic E-state index is 0.0276. The van der Waals surface area contributed by atoms with E-state index in [2.05, 4.69) is 0 Å². The summed E-state index contributed by atoms with van der Waals surface area (Å²) in [6.45, 7) is 3.53. The van der Waals surface area contributed by atoms with Gasteiger partial charge in [0.25, 0.3) is 5.69 Å². The van der Waals surface area contributed by atoms with Crippen molar-refractivity contribution in [2.45, 2.75) is 24.3 Å². The third kappa shape index (κ3) is 5.58. The molecule has 0 aliphatic rings. The van der Waals surface area contributed by atoms with Gasteiger partial charge in [-0.25, -0.2) is 0 Å². The number of rotatable bonds is 6. The molecule has 0 radical (unpaired) electrons. The summed E-state index contributed by atoms with van der Waals surface area (Å²) in [4.78, 5) is 24.2. The van der Waals surface area contributed by atoms with Crippen LogP contribution in [0.4, 0.5) is 5.69 Å². The number of hydrogen-bond donors (Lipinski definition) is 1. The van der Waals surface area contributed by atoms with Crippen molar-refractivity contribution in [2.75, 3.05) is 19.3 Å². The van der Waals surface area contributed by atoms with Gasteiger partial charge in [-0.15, -0.1) is 11.8 Å². The van der Waals surface area contributed by atoms with Crippen molar-refractivity contribution in [3.8, 4) is 0 Å². The van der Waals surface area contributed by atoms with Crippen LogP contribution in [0.2, 0.25) is 0 Å². The first-order chi connectivity index (χ1) is 9.19. The van der Waals surface area contributed by atoms with Gasteiger partial charge < -0.3 is 10.0 Å². The van der Waals surface area contributed by atoms with Gasteiger partial charge in [-0.2, -0.15) is 0 Å². The first-order valence-electron chi connectivity index (χ1n) is 6.02. The van der Waals surface area contributed by atoms with Crippen LogP contribution in [0.3, 0.4) is 0 Å². The first-order valence-corrected chi connectivity index (χ1v) is 7.01. The highest BCUT2D eigenvalue weighted by Crippen LogP contribution is 2.21. The number of non-ortho nitro benzene ring substituents is 1. The van der Waals surface area contributed by atoms with Gasteiger partial charge >= 0.3 is 0 Å². The second kappa shape index (κ2) is 6.71. The Morgan fingerprint density at radius 1 is 1.40 bits per heavy atom. The van der Waals surface area contributed by atoms with Crippen LogP contribution in [0.5, 0.6) is 0 Å². The van der Waals surface area contributed by atoms with Crippen LogP contribution >= 0.6 is 11.8 Å². The zero-order chi connectivity index (χ0) is 15.3. The molecule has 0 unspecified atom stereocenters. The maximum Gasteiger partial charge on any atom is 0.269 e. The number of aliphatic hydroxyl groups is 1. The van der Waals surface area contributed by atoms with E-state index in [1.807, 2.05) is 0 Å². The Morgan fingerprint density at radius 3 is 2.40 bits per heavy atom. The molecule has 1 N–H and O–H groups in total. The number of nitro benzene ring substituents is 1. The highest BCUT2D eigenvalue weighted by Gasteiger charge is 2.19. The number of nitro groups is 1. The first kappa shape index (κ1) is 16.5. The van der Waals surface area contributed by atoms with E-state index in [9.17, 15) is 20.0 Å². The van der Waals surface area contributed by atoms with Crippen LogP contribution in [-0.4, -0.2) is 45.8 Å². The van der Waals surface area contributed by atoms with E-state index in [0.29, 0.717) is 0 Å². The SMILES string of the molecule is CN(CC(C)(C)O)C(=O)CSc1ccc([N+](=O)[O-])cc1. The normalized spacial score (nSPS) is 11.2. The van der Waals surface area contributed by atoms with Gasteiger partial charge in [-0.05, 0) is 26.0 Å². The molecular formula is C13H18N2O4S. The molecule has 0 atom stereocenters. The fourth-order valence-electron chi connectivity index (χ4n) is 1.59. The maximum absolute atomic E-state index is 11.9. The molecular weight excluding hydrogens is 280 g/mol. The largest absolute Gasteiger partial charge is 0.389 e. The zero-order valence-electron chi connectivity index (χ0n) is 11.7. The number of nitrogens with zero attached hydrogens (tertiary/aromatic N) is 2. The Labute approximate surface area is 121 Å². The molecule has 1 aromatic rings. The van der Waals surface area contributed by atoms with Gasteiger partial charge in [0.05, 0.1) is 16.3 Å². The van der Waals surface area contributed by atoms with E-state index in [1.54, 1.807) is 33.0 Å². The average Bonchev–Trinajstić information content (AvgIpc) is 2.34. The summed E-state index contributed by atoms with van der Waals surface area (Å²) in [6, 6.07) is 6.05. The highest BCUT2D eigenvalue weighted by atomic mass is 32.2. The predicted molar refractivity (Wildman–Crippen MR) is 77.8 cm³/mol. The van der Waals surface area contributed by atoms with Crippen LogP contribution in [0, 0.1) is 10.1 Å². The third-order valence-electron chi connectivity index (χ3n) is 2.46. The standard InChI is InChI=1S/C13H18N2O4S/c1-13(2,17)9-14(3)12(16)8-20-11-6-4-10(5-7-11)15(18)19/h4-7,17H,8-9H2,1-3H3. The number of carbonyl (C=O) groups is 1. The number of benzene rings is 1. The molecule has 0 bridgehead atoms. The summed E-state index contributed by atoms with van der Waals surface area (Å²) in [6.07, 6.45) is 0.